The maximum absolute atomic E-state index is 12.4. The normalized spacial score (nSPS) is 13.4. The average molecular weight is 390 g/mol. The van der Waals surface area contributed by atoms with Crippen LogP contribution in [-0.4, -0.2) is 31.3 Å². The molecule has 0 radical (unpaired) electrons. The minimum Gasteiger partial charge on any atom is -0.348 e. The summed E-state index contributed by atoms with van der Waals surface area (Å²) in [5, 5.41) is 5.32. The van der Waals surface area contributed by atoms with E-state index in [4.69, 9.17) is 0 Å². The molecule has 3 N–H and O–H groups in total. The summed E-state index contributed by atoms with van der Waals surface area (Å²) in [6.45, 7) is 4.63. The number of anilines is 1. The molecule has 144 valence electrons. The van der Waals surface area contributed by atoms with Gasteiger partial charge in [-0.2, -0.15) is 4.72 Å². The van der Waals surface area contributed by atoms with E-state index in [-0.39, 0.29) is 16.8 Å². The Kier molecular flexibility index (Phi) is 6.65. The highest BCUT2D eigenvalue weighted by Crippen LogP contribution is 2.15. The minimum absolute atomic E-state index is 0.00145. The molecule has 2 aromatic rings. The number of hydrogen-bond acceptors (Lipinski definition) is 5. The second-order valence-corrected chi connectivity index (χ2v) is 7.77. The van der Waals surface area contributed by atoms with Crippen molar-refractivity contribution in [2.75, 3.05) is 5.32 Å². The lowest BCUT2D eigenvalue weighted by Crippen LogP contribution is -2.45. The molecule has 0 aliphatic carbocycles. The zero-order valence-corrected chi connectivity index (χ0v) is 16.1. The van der Waals surface area contributed by atoms with E-state index < -0.39 is 22.0 Å². The maximum Gasteiger partial charge on any atom is 0.241 e. The van der Waals surface area contributed by atoms with Gasteiger partial charge in [-0.15, -0.1) is 0 Å². The molecule has 0 aliphatic heterocycles. The number of nitrogens with zero attached hydrogens (tertiary/aromatic N) is 1. The van der Waals surface area contributed by atoms with E-state index in [0.717, 1.165) is 5.56 Å². The molecular formula is C18H22N4O4S. The molecule has 9 heteroatoms. The van der Waals surface area contributed by atoms with Crippen molar-refractivity contribution in [3.63, 3.8) is 0 Å². The van der Waals surface area contributed by atoms with Gasteiger partial charge >= 0.3 is 0 Å². The van der Waals surface area contributed by atoms with Crippen LogP contribution in [0.25, 0.3) is 0 Å². The number of sulfonamides is 1. The third kappa shape index (κ3) is 5.87. The quantitative estimate of drug-likeness (QED) is 0.664. The van der Waals surface area contributed by atoms with Crippen molar-refractivity contribution in [2.24, 2.45) is 0 Å². The molecule has 0 spiro atoms. The molecule has 2 amide bonds. The van der Waals surface area contributed by atoms with Crippen LogP contribution in [0, 0.1) is 0 Å². The molecular weight excluding hydrogens is 368 g/mol. The number of rotatable bonds is 7. The number of carbonyl (C=O) groups excluding carboxylic acids is 2. The fraction of sp³-hybridized carbons (Fsp3) is 0.278. The summed E-state index contributed by atoms with van der Waals surface area (Å²) in [6, 6.07) is 7.97. The molecule has 1 aromatic heterocycles. The van der Waals surface area contributed by atoms with Crippen molar-refractivity contribution in [2.45, 2.75) is 37.8 Å². The van der Waals surface area contributed by atoms with Gasteiger partial charge in [-0.1, -0.05) is 0 Å². The van der Waals surface area contributed by atoms with E-state index in [1.165, 1.54) is 38.1 Å². The number of pyridine rings is 1. The Labute approximate surface area is 158 Å². The number of amides is 2. The van der Waals surface area contributed by atoms with Crippen molar-refractivity contribution in [1.29, 1.82) is 0 Å². The summed E-state index contributed by atoms with van der Waals surface area (Å²) in [6.07, 6.45) is 3.24. The second-order valence-electron chi connectivity index (χ2n) is 6.06. The van der Waals surface area contributed by atoms with Gasteiger partial charge in [0.1, 0.15) is 0 Å². The molecule has 2 atom stereocenters. The third-order valence-corrected chi connectivity index (χ3v) is 5.33. The number of hydrogen-bond donors (Lipinski definition) is 3. The van der Waals surface area contributed by atoms with E-state index in [0.29, 0.717) is 5.69 Å². The topological polar surface area (TPSA) is 117 Å². The Morgan fingerprint density at radius 3 is 2.15 bits per heavy atom. The fourth-order valence-corrected chi connectivity index (χ4v) is 3.55. The van der Waals surface area contributed by atoms with Gasteiger partial charge in [-0.3, -0.25) is 14.6 Å². The average Bonchev–Trinajstić information content (AvgIpc) is 2.62. The van der Waals surface area contributed by atoms with Crippen molar-refractivity contribution in [3.8, 4) is 0 Å². The van der Waals surface area contributed by atoms with Gasteiger partial charge < -0.3 is 10.6 Å². The van der Waals surface area contributed by atoms with Crippen molar-refractivity contribution >= 4 is 27.5 Å². The fourth-order valence-electron chi connectivity index (χ4n) is 2.35. The smallest absolute Gasteiger partial charge is 0.241 e. The number of aromatic nitrogens is 1. The van der Waals surface area contributed by atoms with Gasteiger partial charge in [-0.25, -0.2) is 8.42 Å². The van der Waals surface area contributed by atoms with E-state index >= 15 is 0 Å². The summed E-state index contributed by atoms with van der Waals surface area (Å²) in [5.41, 5.74) is 1.35. The Morgan fingerprint density at radius 2 is 1.59 bits per heavy atom. The molecule has 0 saturated heterocycles. The highest BCUT2D eigenvalue weighted by atomic mass is 32.2. The second kappa shape index (κ2) is 8.74. The van der Waals surface area contributed by atoms with Crippen LogP contribution in [0.4, 0.5) is 5.69 Å². The first-order chi connectivity index (χ1) is 12.7. The molecule has 1 unspecified atom stereocenters. The van der Waals surface area contributed by atoms with E-state index in [1.807, 2.05) is 0 Å². The molecule has 0 bridgehead atoms. The standard InChI is InChI=1S/C18H22N4O4S/c1-12(15-8-10-19-11-9-15)20-18(24)13(2)22-27(25,26)17-6-4-16(5-7-17)21-14(3)23/h4-13,22H,1-3H3,(H,20,24)(H,21,23)/t12?,13-/m0/s1. The van der Waals surface area contributed by atoms with Crippen LogP contribution in [0.2, 0.25) is 0 Å². The molecule has 0 saturated carbocycles. The highest BCUT2D eigenvalue weighted by Gasteiger charge is 2.23. The van der Waals surface area contributed by atoms with Gasteiger partial charge in [0.15, 0.2) is 0 Å². The van der Waals surface area contributed by atoms with E-state index in [2.05, 4.69) is 20.3 Å². The summed E-state index contributed by atoms with van der Waals surface area (Å²) in [4.78, 5) is 27.2. The lowest BCUT2D eigenvalue weighted by Gasteiger charge is -2.19. The van der Waals surface area contributed by atoms with Gasteiger partial charge in [0, 0.05) is 25.0 Å². The van der Waals surface area contributed by atoms with Crippen molar-refractivity contribution < 1.29 is 18.0 Å². The molecule has 27 heavy (non-hydrogen) atoms. The van der Waals surface area contributed by atoms with Gasteiger partial charge in [-0.05, 0) is 55.8 Å². The highest BCUT2D eigenvalue weighted by molar-refractivity contribution is 7.89. The summed E-state index contributed by atoms with van der Waals surface area (Å²) in [7, 11) is -3.88. The molecule has 2 rings (SSSR count). The lowest BCUT2D eigenvalue weighted by atomic mass is 10.1. The third-order valence-electron chi connectivity index (χ3n) is 3.78. The first-order valence-electron chi connectivity index (χ1n) is 8.29. The van der Waals surface area contributed by atoms with Gasteiger partial charge in [0.2, 0.25) is 21.8 Å². The first-order valence-corrected chi connectivity index (χ1v) is 9.77. The van der Waals surface area contributed by atoms with Crippen molar-refractivity contribution in [3.05, 3.63) is 54.4 Å². The van der Waals surface area contributed by atoms with Gasteiger partial charge in [0.25, 0.3) is 0 Å². The number of nitrogens with one attached hydrogen (secondary N) is 3. The molecule has 0 fully saturated rings. The minimum atomic E-state index is -3.88. The Hall–Kier alpha value is -2.78. The largest absolute Gasteiger partial charge is 0.348 e. The van der Waals surface area contributed by atoms with Crippen LogP contribution in [0.1, 0.15) is 32.4 Å². The number of carbonyl (C=O) groups is 2. The monoisotopic (exact) mass is 390 g/mol. The summed E-state index contributed by atoms with van der Waals surface area (Å²) in [5.74, 6) is -0.699. The predicted molar refractivity (Wildman–Crippen MR) is 101 cm³/mol. The Bertz CT molecular complexity index is 899. The molecule has 1 heterocycles. The van der Waals surface area contributed by atoms with Crippen LogP contribution in [0.3, 0.4) is 0 Å². The zero-order chi connectivity index (χ0) is 20.0. The van der Waals surface area contributed by atoms with Crippen LogP contribution in [0.15, 0.2) is 53.7 Å². The zero-order valence-electron chi connectivity index (χ0n) is 15.3. The summed E-state index contributed by atoms with van der Waals surface area (Å²) >= 11 is 0. The number of benzene rings is 1. The van der Waals surface area contributed by atoms with E-state index in [1.54, 1.807) is 31.5 Å². The van der Waals surface area contributed by atoms with Crippen LogP contribution in [-0.2, 0) is 19.6 Å². The maximum atomic E-state index is 12.4. The molecule has 0 aliphatic rings. The van der Waals surface area contributed by atoms with Crippen LogP contribution in [0.5, 0.6) is 0 Å². The SMILES string of the molecule is CC(=O)Nc1ccc(S(=O)(=O)N[C@@H](C)C(=O)NC(C)c2ccncc2)cc1. The van der Waals surface area contributed by atoms with Gasteiger partial charge in [0.05, 0.1) is 17.0 Å². The predicted octanol–water partition coefficient (Wildman–Crippen LogP) is 1.58. The van der Waals surface area contributed by atoms with Crippen molar-refractivity contribution in [1.82, 2.24) is 15.0 Å². The summed E-state index contributed by atoms with van der Waals surface area (Å²) < 4.78 is 27.2. The first kappa shape index (κ1) is 20.5. The molecule has 8 nitrogen and oxygen atoms in total. The molecule has 1 aromatic carbocycles. The van der Waals surface area contributed by atoms with Crippen LogP contribution >= 0.6 is 0 Å². The van der Waals surface area contributed by atoms with E-state index in [9.17, 15) is 18.0 Å². The Balaban J connectivity index is 2.01. The Morgan fingerprint density at radius 1 is 1.00 bits per heavy atom. The van der Waals surface area contributed by atoms with Crippen LogP contribution < -0.4 is 15.4 Å². The lowest BCUT2D eigenvalue weighted by molar-refractivity contribution is -0.123.